The standard InChI is InChI=1S/C15H23NO2/c1-15(2)13(9-14(15)18)16-12(10-17)8-11-6-4-3-5-7-11/h3-7,12-14,16-18H,8-10H2,1-2H3. The van der Waals surface area contributed by atoms with Gasteiger partial charge in [0.05, 0.1) is 12.7 Å². The molecule has 100 valence electrons. The minimum Gasteiger partial charge on any atom is -0.395 e. The summed E-state index contributed by atoms with van der Waals surface area (Å²) in [5.41, 5.74) is 1.13. The number of aliphatic hydroxyl groups is 2. The summed E-state index contributed by atoms with van der Waals surface area (Å²) in [6, 6.07) is 10.5. The summed E-state index contributed by atoms with van der Waals surface area (Å²) in [5.74, 6) is 0. The van der Waals surface area contributed by atoms with Crippen molar-refractivity contribution in [1.82, 2.24) is 5.32 Å². The smallest absolute Gasteiger partial charge is 0.0621 e. The van der Waals surface area contributed by atoms with Crippen molar-refractivity contribution < 1.29 is 10.2 Å². The van der Waals surface area contributed by atoms with Crippen molar-refractivity contribution in [1.29, 1.82) is 0 Å². The molecule has 0 aliphatic heterocycles. The maximum absolute atomic E-state index is 9.72. The Morgan fingerprint density at radius 3 is 2.50 bits per heavy atom. The lowest BCUT2D eigenvalue weighted by Crippen LogP contribution is -2.62. The van der Waals surface area contributed by atoms with Gasteiger partial charge < -0.3 is 15.5 Å². The number of hydrogen-bond donors (Lipinski definition) is 3. The van der Waals surface area contributed by atoms with Gasteiger partial charge in [-0.3, -0.25) is 0 Å². The van der Waals surface area contributed by atoms with Gasteiger partial charge in [0.1, 0.15) is 0 Å². The summed E-state index contributed by atoms with van der Waals surface area (Å²) in [6.45, 7) is 4.25. The maximum Gasteiger partial charge on any atom is 0.0621 e. The largest absolute Gasteiger partial charge is 0.395 e. The molecular formula is C15H23NO2. The molecular weight excluding hydrogens is 226 g/mol. The topological polar surface area (TPSA) is 52.5 Å². The Balaban J connectivity index is 1.91. The molecule has 1 aromatic carbocycles. The monoisotopic (exact) mass is 249 g/mol. The van der Waals surface area contributed by atoms with Crippen LogP contribution in [0.4, 0.5) is 0 Å². The molecule has 1 aliphatic carbocycles. The highest BCUT2D eigenvalue weighted by atomic mass is 16.3. The van der Waals surface area contributed by atoms with Gasteiger partial charge in [-0.2, -0.15) is 0 Å². The number of benzene rings is 1. The van der Waals surface area contributed by atoms with Crippen molar-refractivity contribution in [2.24, 2.45) is 5.41 Å². The van der Waals surface area contributed by atoms with E-state index in [0.29, 0.717) is 0 Å². The minimum absolute atomic E-state index is 0.0594. The van der Waals surface area contributed by atoms with Crippen LogP contribution < -0.4 is 5.32 Å². The van der Waals surface area contributed by atoms with Gasteiger partial charge in [-0.1, -0.05) is 44.2 Å². The van der Waals surface area contributed by atoms with Crippen LogP contribution >= 0.6 is 0 Å². The first-order valence-corrected chi connectivity index (χ1v) is 6.63. The molecule has 0 radical (unpaired) electrons. The SMILES string of the molecule is CC1(C)C(O)CC1NC(CO)Cc1ccccc1. The predicted octanol–water partition coefficient (Wildman–Crippen LogP) is 1.34. The lowest BCUT2D eigenvalue weighted by Gasteiger charge is -2.50. The highest BCUT2D eigenvalue weighted by Gasteiger charge is 2.47. The second-order valence-electron chi connectivity index (χ2n) is 5.86. The van der Waals surface area contributed by atoms with E-state index in [2.05, 4.69) is 31.3 Å². The third-order valence-electron chi connectivity index (χ3n) is 4.20. The number of rotatable bonds is 5. The quantitative estimate of drug-likeness (QED) is 0.738. The van der Waals surface area contributed by atoms with Crippen LogP contribution in [0.15, 0.2) is 30.3 Å². The summed E-state index contributed by atoms with van der Waals surface area (Å²) < 4.78 is 0. The van der Waals surface area contributed by atoms with Crippen molar-refractivity contribution in [3.63, 3.8) is 0 Å². The van der Waals surface area contributed by atoms with Gasteiger partial charge in [0.25, 0.3) is 0 Å². The average molecular weight is 249 g/mol. The Kier molecular flexibility index (Phi) is 4.05. The molecule has 3 heteroatoms. The van der Waals surface area contributed by atoms with E-state index in [0.717, 1.165) is 12.8 Å². The molecule has 3 N–H and O–H groups in total. The first-order valence-electron chi connectivity index (χ1n) is 6.63. The highest BCUT2D eigenvalue weighted by Crippen LogP contribution is 2.40. The van der Waals surface area contributed by atoms with Crippen molar-refractivity contribution in [2.45, 2.75) is 44.9 Å². The van der Waals surface area contributed by atoms with E-state index < -0.39 is 0 Å². The molecule has 18 heavy (non-hydrogen) atoms. The molecule has 3 nitrogen and oxygen atoms in total. The predicted molar refractivity (Wildman–Crippen MR) is 72.3 cm³/mol. The van der Waals surface area contributed by atoms with Gasteiger partial charge in [0, 0.05) is 17.5 Å². The lowest BCUT2D eigenvalue weighted by atomic mass is 9.64. The van der Waals surface area contributed by atoms with Crippen LogP contribution in [0.5, 0.6) is 0 Å². The van der Waals surface area contributed by atoms with E-state index in [1.807, 2.05) is 18.2 Å². The van der Waals surface area contributed by atoms with E-state index in [1.54, 1.807) is 0 Å². The average Bonchev–Trinajstić information content (AvgIpc) is 2.38. The first kappa shape index (κ1) is 13.5. The zero-order valence-electron chi connectivity index (χ0n) is 11.1. The molecule has 1 aromatic rings. The van der Waals surface area contributed by atoms with Crippen LogP contribution in [0.3, 0.4) is 0 Å². The Morgan fingerprint density at radius 1 is 1.33 bits per heavy atom. The first-order chi connectivity index (χ1) is 8.54. The zero-order valence-corrected chi connectivity index (χ0v) is 11.1. The highest BCUT2D eigenvalue weighted by molar-refractivity contribution is 5.16. The van der Waals surface area contributed by atoms with Gasteiger partial charge in [0.2, 0.25) is 0 Å². The normalized spacial score (nSPS) is 27.6. The van der Waals surface area contributed by atoms with Crippen molar-refractivity contribution in [3.8, 4) is 0 Å². The molecule has 0 amide bonds. The van der Waals surface area contributed by atoms with Gasteiger partial charge >= 0.3 is 0 Å². The van der Waals surface area contributed by atoms with Gasteiger partial charge in [-0.15, -0.1) is 0 Å². The van der Waals surface area contributed by atoms with E-state index in [9.17, 15) is 10.2 Å². The zero-order chi connectivity index (χ0) is 13.2. The molecule has 3 unspecified atom stereocenters. The molecule has 0 heterocycles. The minimum atomic E-state index is -0.230. The van der Waals surface area contributed by atoms with Crippen LogP contribution in [0.1, 0.15) is 25.8 Å². The van der Waals surface area contributed by atoms with E-state index in [1.165, 1.54) is 5.56 Å². The third kappa shape index (κ3) is 2.74. The van der Waals surface area contributed by atoms with Gasteiger partial charge in [-0.05, 0) is 18.4 Å². The number of aliphatic hydroxyl groups excluding tert-OH is 2. The Morgan fingerprint density at radius 2 is 2.00 bits per heavy atom. The van der Waals surface area contributed by atoms with Crippen molar-refractivity contribution in [3.05, 3.63) is 35.9 Å². The van der Waals surface area contributed by atoms with Crippen LogP contribution in [-0.2, 0) is 6.42 Å². The summed E-state index contributed by atoms with van der Waals surface area (Å²) in [6.07, 6.45) is 1.37. The molecule has 1 aliphatic rings. The van der Waals surface area contributed by atoms with Crippen LogP contribution in [0.2, 0.25) is 0 Å². The van der Waals surface area contributed by atoms with Crippen molar-refractivity contribution in [2.75, 3.05) is 6.61 Å². The van der Waals surface area contributed by atoms with Crippen LogP contribution in [0.25, 0.3) is 0 Å². The fourth-order valence-electron chi connectivity index (χ4n) is 2.54. The summed E-state index contributed by atoms with van der Waals surface area (Å²) in [5, 5.41) is 22.6. The van der Waals surface area contributed by atoms with E-state index in [-0.39, 0.29) is 30.2 Å². The Bertz CT molecular complexity index is 377. The molecule has 1 fully saturated rings. The van der Waals surface area contributed by atoms with Crippen LogP contribution in [-0.4, -0.2) is 35.0 Å². The Labute approximate surface area is 109 Å². The van der Waals surface area contributed by atoms with Gasteiger partial charge in [0.15, 0.2) is 0 Å². The molecule has 1 saturated carbocycles. The number of nitrogens with one attached hydrogen (secondary N) is 1. The fraction of sp³-hybridized carbons (Fsp3) is 0.600. The summed E-state index contributed by atoms with van der Waals surface area (Å²) >= 11 is 0. The maximum atomic E-state index is 9.72. The third-order valence-corrected chi connectivity index (χ3v) is 4.20. The lowest BCUT2D eigenvalue weighted by molar-refractivity contribution is -0.0775. The molecule has 0 aromatic heterocycles. The molecule has 0 saturated heterocycles. The second kappa shape index (κ2) is 5.39. The summed E-state index contributed by atoms with van der Waals surface area (Å²) in [7, 11) is 0. The van der Waals surface area contributed by atoms with Crippen LogP contribution in [0, 0.1) is 5.41 Å². The number of hydrogen-bond acceptors (Lipinski definition) is 3. The Hall–Kier alpha value is -0.900. The molecule has 3 atom stereocenters. The fourth-order valence-corrected chi connectivity index (χ4v) is 2.54. The van der Waals surface area contributed by atoms with Gasteiger partial charge in [-0.25, -0.2) is 0 Å². The van der Waals surface area contributed by atoms with Crippen molar-refractivity contribution >= 4 is 0 Å². The molecule has 0 bridgehead atoms. The molecule has 0 spiro atoms. The molecule has 2 rings (SSSR count). The van der Waals surface area contributed by atoms with E-state index >= 15 is 0 Å². The summed E-state index contributed by atoms with van der Waals surface area (Å²) in [4.78, 5) is 0. The second-order valence-corrected chi connectivity index (χ2v) is 5.86. The van der Waals surface area contributed by atoms with E-state index in [4.69, 9.17) is 0 Å².